The second-order valence-electron chi connectivity index (χ2n) is 2.59. The molecule has 13 heavy (non-hydrogen) atoms. The first-order chi connectivity index (χ1) is 6.07. The lowest BCUT2D eigenvalue weighted by atomic mass is 10.6. The number of carbonyl (C=O) groups excluding carboxylic acids is 2. The van der Waals surface area contributed by atoms with Gasteiger partial charge in [0, 0.05) is 20.5 Å². The minimum Gasteiger partial charge on any atom is -0.464 e. The molecule has 2 amide bonds. The zero-order valence-corrected chi connectivity index (χ0v) is 8.29. The summed E-state index contributed by atoms with van der Waals surface area (Å²) in [6.45, 7) is 4.44. The van der Waals surface area contributed by atoms with Crippen LogP contribution in [-0.4, -0.2) is 43.6 Å². The molecule has 0 saturated carbocycles. The number of nitrogens with one attached hydrogen (secondary N) is 1. The van der Waals surface area contributed by atoms with Crippen LogP contribution < -0.4 is 5.32 Å². The molecular formula is C8H16N2O3. The highest BCUT2D eigenvalue weighted by molar-refractivity contribution is 5.73. The summed E-state index contributed by atoms with van der Waals surface area (Å²) in [5.74, 6) is -0.335. The second kappa shape index (κ2) is 6.28. The first-order valence-electron chi connectivity index (χ1n) is 4.20. The summed E-state index contributed by atoms with van der Waals surface area (Å²) >= 11 is 0. The van der Waals surface area contributed by atoms with Crippen molar-refractivity contribution >= 4 is 12.0 Å². The van der Waals surface area contributed by atoms with E-state index in [0.717, 1.165) is 0 Å². The Kier molecular flexibility index (Phi) is 5.67. The molecule has 0 fully saturated rings. The van der Waals surface area contributed by atoms with Crippen molar-refractivity contribution in [3.05, 3.63) is 0 Å². The molecular weight excluding hydrogens is 172 g/mol. The fourth-order valence-corrected chi connectivity index (χ4v) is 0.631. The normalized spacial score (nSPS) is 9.15. The number of rotatable bonds is 4. The van der Waals surface area contributed by atoms with Gasteiger partial charge in [0.15, 0.2) is 0 Å². The standard InChI is InChI=1S/C8H16N2O3/c1-4-10(3)8(12)9-5-6-13-7(2)11/h4-6H2,1-3H3,(H,9,12). The largest absolute Gasteiger partial charge is 0.464 e. The molecule has 0 aliphatic carbocycles. The molecule has 0 aromatic rings. The highest BCUT2D eigenvalue weighted by Crippen LogP contribution is 1.82. The van der Waals surface area contributed by atoms with E-state index in [1.165, 1.54) is 11.8 Å². The van der Waals surface area contributed by atoms with Crippen LogP contribution in [0.2, 0.25) is 0 Å². The third-order valence-corrected chi connectivity index (χ3v) is 1.50. The molecule has 0 heterocycles. The van der Waals surface area contributed by atoms with Gasteiger partial charge < -0.3 is 15.0 Å². The van der Waals surface area contributed by atoms with Crippen LogP contribution >= 0.6 is 0 Å². The van der Waals surface area contributed by atoms with E-state index < -0.39 is 0 Å². The quantitative estimate of drug-likeness (QED) is 0.507. The molecule has 0 unspecified atom stereocenters. The molecule has 5 nitrogen and oxygen atoms in total. The number of nitrogens with zero attached hydrogens (tertiary/aromatic N) is 1. The van der Waals surface area contributed by atoms with Crippen molar-refractivity contribution in [2.75, 3.05) is 26.7 Å². The number of hydrogen-bond donors (Lipinski definition) is 1. The van der Waals surface area contributed by atoms with E-state index in [2.05, 4.69) is 10.1 Å². The van der Waals surface area contributed by atoms with E-state index in [4.69, 9.17) is 0 Å². The van der Waals surface area contributed by atoms with Crippen LogP contribution in [0.4, 0.5) is 4.79 Å². The Balaban J connectivity index is 3.42. The van der Waals surface area contributed by atoms with Gasteiger partial charge in [-0.3, -0.25) is 4.79 Å². The molecule has 0 aliphatic heterocycles. The molecule has 0 aromatic heterocycles. The van der Waals surface area contributed by atoms with Crippen LogP contribution in [0.25, 0.3) is 0 Å². The zero-order chi connectivity index (χ0) is 10.3. The number of hydrogen-bond acceptors (Lipinski definition) is 3. The van der Waals surface area contributed by atoms with Gasteiger partial charge in [-0.25, -0.2) is 4.79 Å². The van der Waals surface area contributed by atoms with Gasteiger partial charge in [0.05, 0.1) is 6.54 Å². The Labute approximate surface area is 78.0 Å². The van der Waals surface area contributed by atoms with Gasteiger partial charge in [-0.2, -0.15) is 0 Å². The summed E-state index contributed by atoms with van der Waals surface area (Å²) in [4.78, 5) is 23.0. The van der Waals surface area contributed by atoms with Crippen molar-refractivity contribution in [3.8, 4) is 0 Å². The lowest BCUT2D eigenvalue weighted by molar-refractivity contribution is -0.140. The van der Waals surface area contributed by atoms with E-state index in [1.54, 1.807) is 7.05 Å². The molecule has 0 atom stereocenters. The van der Waals surface area contributed by atoms with Crippen molar-refractivity contribution in [2.45, 2.75) is 13.8 Å². The predicted octanol–water partition coefficient (Wildman–Crippen LogP) is 0.211. The minimum absolute atomic E-state index is 0.158. The summed E-state index contributed by atoms with van der Waals surface area (Å²) in [5, 5.41) is 2.60. The van der Waals surface area contributed by atoms with Crippen LogP contribution in [0.5, 0.6) is 0 Å². The smallest absolute Gasteiger partial charge is 0.317 e. The lowest BCUT2D eigenvalue weighted by Crippen LogP contribution is -2.38. The number of amides is 2. The Morgan fingerprint density at radius 3 is 2.54 bits per heavy atom. The highest BCUT2D eigenvalue weighted by atomic mass is 16.5. The molecule has 0 bridgehead atoms. The van der Waals surface area contributed by atoms with Gasteiger partial charge in [-0.15, -0.1) is 0 Å². The van der Waals surface area contributed by atoms with Gasteiger partial charge in [0.2, 0.25) is 0 Å². The minimum atomic E-state index is -0.335. The maximum absolute atomic E-state index is 11.1. The van der Waals surface area contributed by atoms with Crippen LogP contribution in [0.15, 0.2) is 0 Å². The van der Waals surface area contributed by atoms with E-state index >= 15 is 0 Å². The maximum Gasteiger partial charge on any atom is 0.317 e. The number of esters is 1. The fraction of sp³-hybridized carbons (Fsp3) is 0.750. The van der Waals surface area contributed by atoms with Gasteiger partial charge in [0.25, 0.3) is 0 Å². The van der Waals surface area contributed by atoms with Crippen molar-refractivity contribution in [3.63, 3.8) is 0 Å². The first kappa shape index (κ1) is 11.7. The Morgan fingerprint density at radius 2 is 2.08 bits per heavy atom. The topological polar surface area (TPSA) is 58.6 Å². The number of carbonyl (C=O) groups is 2. The summed E-state index contributed by atoms with van der Waals surface area (Å²) in [5.41, 5.74) is 0. The Morgan fingerprint density at radius 1 is 1.46 bits per heavy atom. The SMILES string of the molecule is CCN(C)C(=O)NCCOC(C)=O. The molecule has 0 aromatic carbocycles. The van der Waals surface area contributed by atoms with E-state index in [-0.39, 0.29) is 18.6 Å². The van der Waals surface area contributed by atoms with E-state index in [1.807, 2.05) is 6.92 Å². The van der Waals surface area contributed by atoms with Crippen LogP contribution in [0.3, 0.4) is 0 Å². The number of ether oxygens (including phenoxy) is 1. The summed E-state index contributed by atoms with van der Waals surface area (Å²) in [6.07, 6.45) is 0. The average Bonchev–Trinajstić information content (AvgIpc) is 2.10. The molecule has 0 rings (SSSR count). The van der Waals surface area contributed by atoms with E-state index in [9.17, 15) is 9.59 Å². The molecule has 5 heteroatoms. The molecule has 1 N–H and O–H groups in total. The summed E-state index contributed by atoms with van der Waals surface area (Å²) in [6, 6.07) is -0.158. The molecule has 0 radical (unpaired) electrons. The first-order valence-corrected chi connectivity index (χ1v) is 4.20. The molecule has 0 saturated heterocycles. The highest BCUT2D eigenvalue weighted by Gasteiger charge is 2.03. The van der Waals surface area contributed by atoms with Crippen molar-refractivity contribution in [2.24, 2.45) is 0 Å². The summed E-state index contributed by atoms with van der Waals surface area (Å²) in [7, 11) is 1.70. The monoisotopic (exact) mass is 188 g/mol. The van der Waals surface area contributed by atoms with Crippen molar-refractivity contribution in [1.82, 2.24) is 10.2 Å². The fourth-order valence-electron chi connectivity index (χ4n) is 0.631. The van der Waals surface area contributed by atoms with Gasteiger partial charge in [0.1, 0.15) is 6.61 Å². The van der Waals surface area contributed by atoms with Crippen LogP contribution in [0, 0.1) is 0 Å². The average molecular weight is 188 g/mol. The second-order valence-corrected chi connectivity index (χ2v) is 2.59. The maximum atomic E-state index is 11.1. The van der Waals surface area contributed by atoms with E-state index in [0.29, 0.717) is 13.1 Å². The number of urea groups is 1. The van der Waals surface area contributed by atoms with Crippen LogP contribution in [0.1, 0.15) is 13.8 Å². The Hall–Kier alpha value is -1.26. The predicted molar refractivity (Wildman–Crippen MR) is 48.3 cm³/mol. The zero-order valence-electron chi connectivity index (χ0n) is 8.29. The summed E-state index contributed by atoms with van der Waals surface area (Å²) < 4.78 is 4.63. The Bertz CT molecular complexity index is 182. The molecule has 0 aliphatic rings. The van der Waals surface area contributed by atoms with Gasteiger partial charge in [-0.1, -0.05) is 0 Å². The molecule has 76 valence electrons. The van der Waals surface area contributed by atoms with Crippen molar-refractivity contribution < 1.29 is 14.3 Å². The van der Waals surface area contributed by atoms with Crippen molar-refractivity contribution in [1.29, 1.82) is 0 Å². The van der Waals surface area contributed by atoms with Gasteiger partial charge in [-0.05, 0) is 6.92 Å². The molecule has 0 spiro atoms. The lowest BCUT2D eigenvalue weighted by Gasteiger charge is -2.15. The van der Waals surface area contributed by atoms with Crippen LogP contribution in [-0.2, 0) is 9.53 Å². The third kappa shape index (κ3) is 5.95. The van der Waals surface area contributed by atoms with Gasteiger partial charge >= 0.3 is 12.0 Å². The third-order valence-electron chi connectivity index (χ3n) is 1.50.